The van der Waals surface area contributed by atoms with Crippen molar-refractivity contribution in [3.8, 4) is 0 Å². The fourth-order valence-electron chi connectivity index (χ4n) is 5.24. The number of aromatic nitrogens is 4. The Hall–Kier alpha value is -2.66. The molecule has 3 saturated heterocycles. The van der Waals surface area contributed by atoms with Crippen LogP contribution in [0.2, 0.25) is 0 Å². The van der Waals surface area contributed by atoms with Crippen LogP contribution in [0.15, 0.2) is 28.6 Å². The van der Waals surface area contributed by atoms with Gasteiger partial charge in [-0.1, -0.05) is 23.9 Å². The van der Waals surface area contributed by atoms with Crippen molar-refractivity contribution in [3.63, 3.8) is 0 Å². The maximum atomic E-state index is 13.0. The van der Waals surface area contributed by atoms with Gasteiger partial charge in [-0.3, -0.25) is 4.79 Å². The highest BCUT2D eigenvalue weighted by molar-refractivity contribution is 8.01. The minimum Gasteiger partial charge on any atom is -0.341 e. The minimum absolute atomic E-state index is 0.169. The summed E-state index contributed by atoms with van der Waals surface area (Å²) in [6.07, 6.45) is 7.32. The largest absolute Gasteiger partial charge is 0.341 e. The summed E-state index contributed by atoms with van der Waals surface area (Å²) in [6, 6.07) is 8.12. The second kappa shape index (κ2) is 11.4. The van der Waals surface area contributed by atoms with E-state index in [9.17, 15) is 4.79 Å². The van der Waals surface area contributed by atoms with Crippen molar-refractivity contribution in [2.24, 2.45) is 0 Å². The molecule has 11 heteroatoms. The van der Waals surface area contributed by atoms with E-state index in [2.05, 4.69) is 25.8 Å². The van der Waals surface area contributed by atoms with Crippen LogP contribution in [-0.4, -0.2) is 88.9 Å². The lowest BCUT2D eigenvalue weighted by atomic mass is 10.1. The molecule has 0 radical (unpaired) electrons. The summed E-state index contributed by atoms with van der Waals surface area (Å²) in [7, 11) is 0. The third kappa shape index (κ3) is 5.77. The molecule has 0 saturated carbocycles. The van der Waals surface area contributed by atoms with Crippen LogP contribution in [0, 0.1) is 0 Å². The van der Waals surface area contributed by atoms with Crippen LogP contribution < -0.4 is 14.7 Å². The number of anilines is 3. The molecular formula is C26H34N8OS2. The van der Waals surface area contributed by atoms with E-state index in [1.807, 2.05) is 23.1 Å². The Morgan fingerprint density at radius 2 is 1.24 bits per heavy atom. The topological polar surface area (TPSA) is 81.6 Å². The number of piperazine rings is 1. The molecule has 0 bridgehead atoms. The molecule has 2 aromatic heterocycles. The zero-order valence-corrected chi connectivity index (χ0v) is 22.9. The predicted octanol–water partition coefficient (Wildman–Crippen LogP) is 3.90. The zero-order chi connectivity index (χ0) is 25.0. The SMILES string of the molecule is O=C(CSc1nc2ccccc2s1)N1CCN(c2nc(N3CCCCC3)nc(N3CCCCC3)n2)CC1. The number of thiazole rings is 1. The van der Waals surface area contributed by atoms with Gasteiger partial charge in [-0.15, -0.1) is 11.3 Å². The Morgan fingerprint density at radius 1 is 0.703 bits per heavy atom. The van der Waals surface area contributed by atoms with Crippen molar-refractivity contribution in [1.82, 2.24) is 24.8 Å². The normalized spacial score (nSPS) is 19.0. The number of para-hydroxylation sites is 1. The molecule has 37 heavy (non-hydrogen) atoms. The molecule has 9 nitrogen and oxygen atoms in total. The van der Waals surface area contributed by atoms with E-state index in [0.29, 0.717) is 18.8 Å². The molecule has 0 unspecified atom stereocenters. The van der Waals surface area contributed by atoms with Crippen molar-refractivity contribution in [2.75, 3.05) is 72.8 Å². The van der Waals surface area contributed by atoms with Crippen LogP contribution in [0.4, 0.5) is 17.8 Å². The summed E-state index contributed by atoms with van der Waals surface area (Å²) in [4.78, 5) is 41.2. The summed E-state index contributed by atoms with van der Waals surface area (Å²) in [5, 5.41) is 0. The summed E-state index contributed by atoms with van der Waals surface area (Å²) in [6.45, 7) is 6.89. The number of hydrogen-bond acceptors (Lipinski definition) is 10. The lowest BCUT2D eigenvalue weighted by Crippen LogP contribution is -2.50. The number of amides is 1. The average Bonchev–Trinajstić information content (AvgIpc) is 3.40. The van der Waals surface area contributed by atoms with Crippen LogP contribution in [0.1, 0.15) is 38.5 Å². The summed E-state index contributed by atoms with van der Waals surface area (Å²) < 4.78 is 2.12. The summed E-state index contributed by atoms with van der Waals surface area (Å²) >= 11 is 3.19. The van der Waals surface area contributed by atoms with Crippen LogP contribution in [0.25, 0.3) is 10.2 Å². The second-order valence-corrected chi connectivity index (χ2v) is 12.2. The molecule has 1 aromatic carbocycles. The Balaban J connectivity index is 1.10. The number of carbonyl (C=O) groups is 1. The van der Waals surface area contributed by atoms with Gasteiger partial charge >= 0.3 is 0 Å². The summed E-state index contributed by atoms with van der Waals surface area (Å²) in [5.74, 6) is 2.98. The highest BCUT2D eigenvalue weighted by Crippen LogP contribution is 2.30. The fourth-order valence-corrected chi connectivity index (χ4v) is 7.21. The number of thioether (sulfide) groups is 1. The van der Waals surface area contributed by atoms with Gasteiger partial charge < -0.3 is 19.6 Å². The molecule has 0 atom stereocenters. The van der Waals surface area contributed by atoms with E-state index >= 15 is 0 Å². The molecule has 5 heterocycles. The Morgan fingerprint density at radius 3 is 1.81 bits per heavy atom. The molecule has 3 fully saturated rings. The quantitative estimate of drug-likeness (QED) is 0.434. The zero-order valence-electron chi connectivity index (χ0n) is 21.2. The van der Waals surface area contributed by atoms with E-state index in [1.54, 1.807) is 11.3 Å². The van der Waals surface area contributed by atoms with Crippen molar-refractivity contribution in [1.29, 1.82) is 0 Å². The van der Waals surface area contributed by atoms with Gasteiger partial charge in [0.25, 0.3) is 0 Å². The van der Waals surface area contributed by atoms with E-state index in [1.165, 1.54) is 50.3 Å². The van der Waals surface area contributed by atoms with Gasteiger partial charge in [0.1, 0.15) is 0 Å². The number of nitrogens with zero attached hydrogens (tertiary/aromatic N) is 8. The van der Waals surface area contributed by atoms with Crippen molar-refractivity contribution in [2.45, 2.75) is 42.9 Å². The standard InChI is InChI=1S/C26H34N8OS2/c35-22(19-36-26-27-20-9-3-4-10-21(20)37-26)31-15-17-34(18-16-31)25-29-23(32-11-5-1-6-12-32)28-24(30-25)33-13-7-2-8-14-33/h3-4,9-10H,1-2,5-8,11-19H2. The van der Waals surface area contributed by atoms with E-state index in [0.717, 1.165) is 71.7 Å². The van der Waals surface area contributed by atoms with Gasteiger partial charge in [-0.25, -0.2) is 4.98 Å². The number of rotatable bonds is 6. The Labute approximate surface area is 226 Å². The second-order valence-electron chi connectivity index (χ2n) is 9.93. The van der Waals surface area contributed by atoms with Crippen LogP contribution in [-0.2, 0) is 4.79 Å². The van der Waals surface area contributed by atoms with E-state index in [4.69, 9.17) is 15.0 Å². The van der Waals surface area contributed by atoms with Gasteiger partial charge in [-0.05, 0) is 50.7 Å². The number of piperidine rings is 2. The first-order valence-electron chi connectivity index (χ1n) is 13.5. The first kappa shape index (κ1) is 24.7. The van der Waals surface area contributed by atoms with Crippen molar-refractivity contribution >= 4 is 57.1 Å². The molecule has 6 rings (SSSR count). The molecule has 1 amide bonds. The minimum atomic E-state index is 0.169. The molecule has 3 aliphatic rings. The van der Waals surface area contributed by atoms with E-state index < -0.39 is 0 Å². The lowest BCUT2D eigenvalue weighted by Gasteiger charge is -2.36. The van der Waals surface area contributed by atoms with E-state index in [-0.39, 0.29) is 5.91 Å². The highest BCUT2D eigenvalue weighted by atomic mass is 32.2. The summed E-state index contributed by atoms with van der Waals surface area (Å²) in [5.41, 5.74) is 1.00. The van der Waals surface area contributed by atoms with Crippen LogP contribution >= 0.6 is 23.1 Å². The predicted molar refractivity (Wildman–Crippen MR) is 151 cm³/mol. The molecule has 3 aliphatic heterocycles. The van der Waals surface area contributed by atoms with Gasteiger partial charge in [0, 0.05) is 52.4 Å². The fraction of sp³-hybridized carbons (Fsp3) is 0.577. The molecule has 0 aliphatic carbocycles. The van der Waals surface area contributed by atoms with Gasteiger partial charge in [0.05, 0.1) is 16.0 Å². The maximum absolute atomic E-state index is 13.0. The first-order valence-corrected chi connectivity index (χ1v) is 15.3. The van der Waals surface area contributed by atoms with Gasteiger partial charge in [0.15, 0.2) is 4.34 Å². The Bertz CT molecular complexity index is 1150. The van der Waals surface area contributed by atoms with Crippen molar-refractivity contribution in [3.05, 3.63) is 24.3 Å². The molecule has 196 valence electrons. The number of hydrogen-bond donors (Lipinski definition) is 0. The molecule has 0 spiro atoms. The lowest BCUT2D eigenvalue weighted by molar-refractivity contribution is -0.128. The third-order valence-corrected chi connectivity index (χ3v) is 9.55. The van der Waals surface area contributed by atoms with Crippen molar-refractivity contribution < 1.29 is 4.79 Å². The number of benzene rings is 1. The third-order valence-electron chi connectivity index (χ3n) is 7.39. The molecule has 0 N–H and O–H groups in total. The van der Waals surface area contributed by atoms with Gasteiger partial charge in [0.2, 0.25) is 23.8 Å². The Kier molecular flexibility index (Phi) is 7.59. The molecule has 3 aromatic rings. The van der Waals surface area contributed by atoms with Gasteiger partial charge in [-0.2, -0.15) is 15.0 Å². The smallest absolute Gasteiger partial charge is 0.233 e. The number of carbonyl (C=O) groups excluding carboxylic acids is 1. The van der Waals surface area contributed by atoms with Crippen LogP contribution in [0.3, 0.4) is 0 Å². The maximum Gasteiger partial charge on any atom is 0.233 e. The highest BCUT2D eigenvalue weighted by Gasteiger charge is 2.26. The number of fused-ring (bicyclic) bond motifs is 1. The average molecular weight is 539 g/mol. The van der Waals surface area contributed by atoms with Crippen LogP contribution in [0.5, 0.6) is 0 Å². The first-order chi connectivity index (χ1) is 18.2. The monoisotopic (exact) mass is 538 g/mol. The molecular weight excluding hydrogens is 504 g/mol.